The summed E-state index contributed by atoms with van der Waals surface area (Å²) in [6.45, 7) is 1.10. The van der Waals surface area contributed by atoms with Gasteiger partial charge in [0.15, 0.2) is 0 Å². The lowest BCUT2D eigenvalue weighted by Crippen LogP contribution is -2.45. The van der Waals surface area contributed by atoms with Gasteiger partial charge in [-0.05, 0) is 60.4 Å². The van der Waals surface area contributed by atoms with Crippen molar-refractivity contribution >= 4 is 28.3 Å². The van der Waals surface area contributed by atoms with Crippen molar-refractivity contribution in [1.29, 1.82) is 0 Å². The van der Waals surface area contributed by atoms with Crippen molar-refractivity contribution in [3.63, 3.8) is 0 Å². The highest BCUT2D eigenvalue weighted by Gasteiger charge is 2.35. The fraction of sp³-hybridized carbons (Fsp3) is 0.222. The first-order valence-corrected chi connectivity index (χ1v) is 11.8. The fourth-order valence-corrected chi connectivity index (χ4v) is 4.58. The summed E-state index contributed by atoms with van der Waals surface area (Å²) < 4.78 is 5.88. The van der Waals surface area contributed by atoms with Crippen molar-refractivity contribution < 1.29 is 14.6 Å². The second-order valence-corrected chi connectivity index (χ2v) is 9.16. The van der Waals surface area contributed by atoms with Gasteiger partial charge < -0.3 is 14.7 Å². The highest BCUT2D eigenvalue weighted by molar-refractivity contribution is 6.30. The number of nitrogens with one attached hydrogen (secondary N) is 1. The van der Waals surface area contributed by atoms with E-state index >= 15 is 0 Å². The maximum Gasteiger partial charge on any atom is 0.272 e. The van der Waals surface area contributed by atoms with Crippen molar-refractivity contribution in [2.75, 3.05) is 13.1 Å². The van der Waals surface area contributed by atoms with Gasteiger partial charge in [-0.2, -0.15) is 0 Å². The van der Waals surface area contributed by atoms with Crippen LogP contribution < -0.4 is 10.3 Å². The topological polar surface area (TPSA) is 95.5 Å². The largest absolute Gasteiger partial charge is 0.471 e. The third-order valence-corrected chi connectivity index (χ3v) is 6.72. The Balaban J connectivity index is 1.26. The molecule has 2 N–H and O–H groups in total. The quantitative estimate of drug-likeness (QED) is 0.436. The van der Waals surface area contributed by atoms with Gasteiger partial charge in [0.05, 0.1) is 16.4 Å². The molecule has 178 valence electrons. The fourth-order valence-electron chi connectivity index (χ4n) is 4.46. The smallest absolute Gasteiger partial charge is 0.272 e. The predicted molar refractivity (Wildman–Crippen MR) is 134 cm³/mol. The van der Waals surface area contributed by atoms with Crippen LogP contribution in [0.4, 0.5) is 0 Å². The molecule has 35 heavy (non-hydrogen) atoms. The molecule has 0 bridgehead atoms. The van der Waals surface area contributed by atoms with E-state index in [4.69, 9.17) is 16.3 Å². The minimum atomic E-state index is -0.969. The van der Waals surface area contributed by atoms with Crippen LogP contribution in [0, 0.1) is 0 Å². The summed E-state index contributed by atoms with van der Waals surface area (Å²) in [7, 11) is 0. The SMILES string of the molecule is O=C(c1cccc(COc2n[nH]c(=O)c3ccccc23)c1)N1CCC(O)(c2ccc(Cl)cc2)CC1. The molecule has 1 aliphatic heterocycles. The van der Waals surface area contributed by atoms with E-state index in [-0.39, 0.29) is 18.1 Å². The Bertz CT molecular complexity index is 1430. The lowest BCUT2D eigenvalue weighted by molar-refractivity contribution is -0.0211. The van der Waals surface area contributed by atoms with Crippen LogP contribution in [0.3, 0.4) is 0 Å². The number of aromatic amines is 1. The lowest BCUT2D eigenvalue weighted by atomic mass is 9.84. The number of aromatic nitrogens is 2. The maximum atomic E-state index is 13.2. The number of halogens is 1. The predicted octanol–water partition coefficient (Wildman–Crippen LogP) is 4.28. The Labute approximate surface area is 206 Å². The molecule has 0 spiro atoms. The third-order valence-electron chi connectivity index (χ3n) is 6.47. The van der Waals surface area contributed by atoms with Gasteiger partial charge >= 0.3 is 0 Å². The number of likely N-dealkylation sites (tertiary alicyclic amines) is 1. The van der Waals surface area contributed by atoms with Gasteiger partial charge in [-0.25, -0.2) is 5.10 Å². The number of nitrogens with zero attached hydrogens (tertiary/aromatic N) is 2. The number of carbonyl (C=O) groups is 1. The standard InChI is InChI=1S/C27H24ClN3O4/c28-21-10-8-20(9-11-21)27(34)12-14-31(15-13-27)26(33)19-5-3-4-18(16-19)17-35-25-23-7-2-1-6-22(23)24(32)29-30-25/h1-11,16,34H,12-15,17H2,(H,29,32). The minimum absolute atomic E-state index is 0.0855. The van der Waals surface area contributed by atoms with Gasteiger partial charge in [-0.15, -0.1) is 5.10 Å². The molecule has 0 unspecified atom stereocenters. The lowest BCUT2D eigenvalue weighted by Gasteiger charge is -2.38. The van der Waals surface area contributed by atoms with Crippen LogP contribution in [-0.4, -0.2) is 39.2 Å². The summed E-state index contributed by atoms with van der Waals surface area (Å²) in [6, 6.07) is 21.6. The summed E-state index contributed by atoms with van der Waals surface area (Å²) in [5, 5.41) is 19.3. The van der Waals surface area contributed by atoms with Gasteiger partial charge in [0.2, 0.25) is 5.88 Å². The molecule has 8 heteroatoms. The molecule has 0 radical (unpaired) electrons. The van der Waals surface area contributed by atoms with Crippen molar-refractivity contribution in [2.24, 2.45) is 0 Å². The number of rotatable bonds is 5. The normalized spacial score (nSPS) is 15.2. The Morgan fingerprint density at radius 3 is 2.49 bits per heavy atom. The zero-order valence-electron chi connectivity index (χ0n) is 18.9. The number of benzene rings is 3. The molecule has 0 saturated carbocycles. The van der Waals surface area contributed by atoms with Gasteiger partial charge in [-0.3, -0.25) is 9.59 Å². The Morgan fingerprint density at radius 1 is 1.03 bits per heavy atom. The highest BCUT2D eigenvalue weighted by atomic mass is 35.5. The maximum absolute atomic E-state index is 13.2. The van der Waals surface area contributed by atoms with Crippen molar-refractivity contribution in [3.8, 4) is 5.88 Å². The van der Waals surface area contributed by atoms with Crippen molar-refractivity contribution in [3.05, 3.63) is 105 Å². The zero-order valence-corrected chi connectivity index (χ0v) is 19.7. The first kappa shape index (κ1) is 23.1. The van der Waals surface area contributed by atoms with Crippen molar-refractivity contribution in [1.82, 2.24) is 15.1 Å². The van der Waals surface area contributed by atoms with Crippen LogP contribution in [0.1, 0.15) is 34.3 Å². The highest BCUT2D eigenvalue weighted by Crippen LogP contribution is 2.34. The molecule has 5 rings (SSSR count). The summed E-state index contributed by atoms with van der Waals surface area (Å²) in [5.74, 6) is 0.243. The van der Waals surface area contributed by atoms with Crippen LogP contribution in [0.5, 0.6) is 5.88 Å². The molecule has 1 saturated heterocycles. The number of carbonyl (C=O) groups excluding carboxylic acids is 1. The zero-order chi connectivity index (χ0) is 24.4. The number of hydrogen-bond donors (Lipinski definition) is 2. The summed E-state index contributed by atoms with van der Waals surface area (Å²) in [6.07, 6.45) is 0.905. The Morgan fingerprint density at radius 2 is 1.74 bits per heavy atom. The first-order chi connectivity index (χ1) is 16.9. The molecule has 1 amide bonds. The molecular formula is C27H24ClN3O4. The van der Waals surface area contributed by atoms with Gasteiger partial charge in [0.25, 0.3) is 11.5 Å². The van der Waals surface area contributed by atoms with E-state index in [1.165, 1.54) is 0 Å². The molecule has 1 aliphatic rings. The first-order valence-electron chi connectivity index (χ1n) is 11.4. The second-order valence-electron chi connectivity index (χ2n) is 8.72. The Kier molecular flexibility index (Phi) is 6.28. The van der Waals surface area contributed by atoms with Crippen LogP contribution in [-0.2, 0) is 12.2 Å². The van der Waals surface area contributed by atoms with E-state index in [0.717, 1.165) is 11.1 Å². The van der Waals surface area contributed by atoms with Crippen LogP contribution >= 0.6 is 11.6 Å². The molecule has 0 aliphatic carbocycles. The monoisotopic (exact) mass is 489 g/mol. The van der Waals surface area contributed by atoms with Gasteiger partial charge in [-0.1, -0.05) is 48.0 Å². The summed E-state index contributed by atoms with van der Waals surface area (Å²) in [4.78, 5) is 26.9. The average Bonchev–Trinajstić information content (AvgIpc) is 2.89. The van der Waals surface area contributed by atoms with Crippen molar-refractivity contribution in [2.45, 2.75) is 25.0 Å². The molecular weight excluding hydrogens is 466 g/mol. The molecule has 1 fully saturated rings. The average molecular weight is 490 g/mol. The molecule has 7 nitrogen and oxygen atoms in total. The van der Waals surface area contributed by atoms with E-state index < -0.39 is 5.60 Å². The number of aliphatic hydroxyl groups is 1. The molecule has 4 aromatic rings. The molecule has 2 heterocycles. The third kappa shape index (κ3) is 4.78. The Hall–Kier alpha value is -3.68. The molecule has 3 aromatic carbocycles. The van der Waals surface area contributed by atoms with Crippen LogP contribution in [0.15, 0.2) is 77.6 Å². The number of H-pyrrole nitrogens is 1. The van der Waals surface area contributed by atoms with Gasteiger partial charge in [0.1, 0.15) is 6.61 Å². The number of hydrogen-bond acceptors (Lipinski definition) is 5. The molecule has 0 atom stereocenters. The number of fused-ring (bicyclic) bond motifs is 1. The number of ether oxygens (including phenoxy) is 1. The number of amides is 1. The van der Waals surface area contributed by atoms with E-state index in [0.29, 0.717) is 53.2 Å². The number of piperidine rings is 1. The van der Waals surface area contributed by atoms with Crippen LogP contribution in [0.25, 0.3) is 10.8 Å². The van der Waals surface area contributed by atoms with E-state index in [9.17, 15) is 14.7 Å². The van der Waals surface area contributed by atoms with Gasteiger partial charge in [0, 0.05) is 23.7 Å². The summed E-state index contributed by atoms with van der Waals surface area (Å²) in [5.41, 5.74) is 0.940. The van der Waals surface area contributed by atoms with E-state index in [1.807, 2.05) is 30.3 Å². The van der Waals surface area contributed by atoms with E-state index in [1.54, 1.807) is 47.4 Å². The van der Waals surface area contributed by atoms with E-state index in [2.05, 4.69) is 10.2 Å². The van der Waals surface area contributed by atoms with Crippen LogP contribution in [0.2, 0.25) is 5.02 Å². The minimum Gasteiger partial charge on any atom is -0.471 e. The molecule has 1 aromatic heterocycles. The second kappa shape index (κ2) is 9.52. The summed E-state index contributed by atoms with van der Waals surface area (Å²) >= 11 is 5.97.